The molecular formula is C65H52BN3OS. The van der Waals surface area contributed by atoms with E-state index in [1.165, 1.54) is 123 Å². The van der Waals surface area contributed by atoms with Crippen LogP contribution < -0.4 is 31.1 Å². The van der Waals surface area contributed by atoms with Crippen LogP contribution in [0, 0.1) is 20.8 Å². The highest BCUT2D eigenvalue weighted by molar-refractivity contribution is 7.25. The van der Waals surface area contributed by atoms with Gasteiger partial charge in [-0.3, -0.25) is 0 Å². The zero-order valence-corrected chi connectivity index (χ0v) is 41.6. The normalized spacial score (nSPS) is 18.8. The lowest BCUT2D eigenvalue weighted by molar-refractivity contribution is 0.194. The summed E-state index contributed by atoms with van der Waals surface area (Å²) >= 11 is 1.88. The largest absolute Gasteiger partial charge is 0.454 e. The Morgan fingerprint density at radius 3 is 2.08 bits per heavy atom. The number of hydrogen-bond acceptors (Lipinski definition) is 5. The van der Waals surface area contributed by atoms with Crippen LogP contribution in [0.4, 0.5) is 45.5 Å². The average molecular weight is 934 g/mol. The Morgan fingerprint density at radius 2 is 1.21 bits per heavy atom. The Bertz CT molecular complexity index is 4080. The van der Waals surface area contributed by atoms with Gasteiger partial charge >= 0.3 is 0 Å². The average Bonchev–Trinajstić information content (AvgIpc) is 4.02. The summed E-state index contributed by atoms with van der Waals surface area (Å²) < 4.78 is 9.62. The van der Waals surface area contributed by atoms with Crippen molar-refractivity contribution in [1.82, 2.24) is 0 Å². The van der Waals surface area contributed by atoms with Crippen LogP contribution in [0.3, 0.4) is 0 Å². The van der Waals surface area contributed by atoms with Crippen LogP contribution in [0.15, 0.2) is 180 Å². The summed E-state index contributed by atoms with van der Waals surface area (Å²) in [6.07, 6.45) is 4.81. The fourth-order valence-corrected chi connectivity index (χ4v) is 15.3. The summed E-state index contributed by atoms with van der Waals surface area (Å²) in [5.74, 6) is 0. The minimum atomic E-state index is -0.0989. The summed E-state index contributed by atoms with van der Waals surface area (Å²) in [5.41, 5.74) is 23.2. The molecule has 2 atom stereocenters. The Morgan fingerprint density at radius 1 is 0.493 bits per heavy atom. The number of furan rings is 1. The first-order chi connectivity index (χ1) is 34.7. The molecule has 0 spiro atoms. The monoisotopic (exact) mass is 933 g/mol. The van der Waals surface area contributed by atoms with Crippen molar-refractivity contribution in [1.29, 1.82) is 0 Å². The van der Waals surface area contributed by atoms with Crippen molar-refractivity contribution in [2.45, 2.75) is 71.3 Å². The van der Waals surface area contributed by atoms with Crippen LogP contribution in [0.2, 0.25) is 0 Å². The predicted molar refractivity (Wildman–Crippen MR) is 303 cm³/mol. The first-order valence-corrected chi connectivity index (χ1v) is 26.3. The smallest absolute Gasteiger partial charge is 0.252 e. The molecule has 0 N–H and O–H groups in total. The molecule has 2 aromatic heterocycles. The number of thiophene rings is 1. The summed E-state index contributed by atoms with van der Waals surface area (Å²) in [7, 11) is 0. The molecule has 5 heterocycles. The van der Waals surface area contributed by atoms with Crippen molar-refractivity contribution in [3.05, 3.63) is 198 Å². The molecule has 9 aromatic carbocycles. The lowest BCUT2D eigenvalue weighted by Gasteiger charge is -2.51. The predicted octanol–water partition coefficient (Wildman–Crippen LogP) is 16.4. The molecule has 4 aliphatic rings. The van der Waals surface area contributed by atoms with Gasteiger partial charge < -0.3 is 19.1 Å². The van der Waals surface area contributed by atoms with Gasteiger partial charge in [0.15, 0.2) is 5.58 Å². The van der Waals surface area contributed by atoms with Crippen LogP contribution in [-0.2, 0) is 5.41 Å². The van der Waals surface area contributed by atoms with E-state index >= 15 is 0 Å². The molecule has 3 aliphatic heterocycles. The second-order valence-corrected chi connectivity index (χ2v) is 22.4. The van der Waals surface area contributed by atoms with Crippen molar-refractivity contribution in [3.8, 4) is 11.1 Å². The van der Waals surface area contributed by atoms with Gasteiger partial charge in [-0.15, -0.1) is 11.3 Å². The maximum absolute atomic E-state index is 7.01. The van der Waals surface area contributed by atoms with Gasteiger partial charge in [-0.25, -0.2) is 0 Å². The summed E-state index contributed by atoms with van der Waals surface area (Å²) in [4.78, 5) is 7.91. The topological polar surface area (TPSA) is 22.9 Å². The molecule has 2 unspecified atom stereocenters. The van der Waals surface area contributed by atoms with Crippen LogP contribution in [0.1, 0.15) is 61.8 Å². The lowest BCUT2D eigenvalue weighted by Crippen LogP contribution is -2.61. The van der Waals surface area contributed by atoms with E-state index in [0.29, 0.717) is 0 Å². The Balaban J connectivity index is 1.03. The molecule has 0 radical (unpaired) electrons. The van der Waals surface area contributed by atoms with Gasteiger partial charge in [0.1, 0.15) is 5.58 Å². The minimum absolute atomic E-state index is 0.0187. The van der Waals surface area contributed by atoms with Gasteiger partial charge in [0.2, 0.25) is 0 Å². The van der Waals surface area contributed by atoms with Crippen LogP contribution >= 0.6 is 11.3 Å². The van der Waals surface area contributed by atoms with E-state index in [0.717, 1.165) is 39.7 Å². The molecule has 0 saturated heterocycles. The SMILES string of the molecule is Cc1cc2c3c(c1)N(c1cccc4c1oc1ccccc14)c1cc(N4c5cc(C)cc(C)c5C5(C)CCCCC45C)ccc1B3c1cc(-c3ccccc3)ccc1N2c1ccc2c(c1)sc1ccccc12. The van der Waals surface area contributed by atoms with Crippen LogP contribution in [0.25, 0.3) is 53.2 Å². The van der Waals surface area contributed by atoms with Gasteiger partial charge in [0.25, 0.3) is 6.71 Å². The van der Waals surface area contributed by atoms with E-state index in [1.54, 1.807) is 0 Å². The third kappa shape index (κ3) is 5.63. The highest BCUT2D eigenvalue weighted by Crippen LogP contribution is 2.62. The molecule has 0 bridgehead atoms. The number of aryl methyl sites for hydroxylation is 3. The Labute approximate surface area is 419 Å². The van der Waals surface area contributed by atoms with Gasteiger partial charge in [0.05, 0.1) is 11.2 Å². The van der Waals surface area contributed by atoms with E-state index in [-0.39, 0.29) is 17.7 Å². The Hall–Kier alpha value is -7.54. The number of fused-ring (bicyclic) bond motifs is 13. The maximum atomic E-state index is 7.01. The zero-order valence-electron chi connectivity index (χ0n) is 40.8. The molecule has 6 heteroatoms. The van der Waals surface area contributed by atoms with Crippen molar-refractivity contribution < 1.29 is 4.42 Å². The molecule has 71 heavy (non-hydrogen) atoms. The standard InChI is InChI=1S/C65H52BN3OS/c1-39-32-41(3)61-55(33-39)69(65(5)31-14-13-30-64(61,65)4)45-26-28-50-54(37-45)68(53-21-15-20-49-46-18-9-11-22-58(46)70-63(49)53)57-35-40(2)34-56-62(57)66(50)51-36-43(42-16-7-6-8-17-42)24-29-52(51)67(56)44-25-27-48-47-19-10-12-23-59(47)71-60(48)38-44/h6-12,15-29,32-38H,13-14,30-31H2,1-5H3. The molecule has 11 aromatic rings. The fourth-order valence-electron chi connectivity index (χ4n) is 14.1. The van der Waals surface area contributed by atoms with Gasteiger partial charge in [-0.1, -0.05) is 129 Å². The molecule has 1 aliphatic carbocycles. The molecular weight excluding hydrogens is 882 g/mol. The van der Waals surface area contributed by atoms with E-state index in [9.17, 15) is 0 Å². The maximum Gasteiger partial charge on any atom is 0.252 e. The second-order valence-electron chi connectivity index (χ2n) is 21.4. The molecule has 1 fully saturated rings. The highest BCUT2D eigenvalue weighted by atomic mass is 32.1. The molecule has 342 valence electrons. The molecule has 4 nitrogen and oxygen atoms in total. The molecule has 0 amide bonds. The van der Waals surface area contributed by atoms with Crippen molar-refractivity contribution in [3.63, 3.8) is 0 Å². The molecule has 1 saturated carbocycles. The van der Waals surface area contributed by atoms with Crippen LogP contribution in [0.5, 0.6) is 0 Å². The fraction of sp³-hybridized carbons (Fsp3) is 0.169. The van der Waals surface area contributed by atoms with E-state index < -0.39 is 0 Å². The lowest BCUT2D eigenvalue weighted by atomic mass is 9.33. The number of benzene rings is 9. The number of anilines is 8. The van der Waals surface area contributed by atoms with Gasteiger partial charge in [-0.2, -0.15) is 0 Å². The summed E-state index contributed by atoms with van der Waals surface area (Å²) in [6.45, 7) is 12.0. The van der Waals surface area contributed by atoms with Crippen molar-refractivity contribution in [2.75, 3.05) is 14.7 Å². The Kier molecular flexibility index (Phi) is 8.58. The molecule has 15 rings (SSSR count). The number of hydrogen-bond donors (Lipinski definition) is 0. The summed E-state index contributed by atoms with van der Waals surface area (Å²) in [5, 5.41) is 4.88. The third-order valence-corrected chi connectivity index (χ3v) is 18.5. The quantitative estimate of drug-likeness (QED) is 0.164. The van der Waals surface area contributed by atoms with Gasteiger partial charge in [0, 0.05) is 76.2 Å². The summed E-state index contributed by atoms with van der Waals surface area (Å²) in [6, 6.07) is 66.6. The van der Waals surface area contributed by atoms with Crippen molar-refractivity contribution in [2.24, 2.45) is 0 Å². The van der Waals surface area contributed by atoms with E-state index in [1.807, 2.05) is 11.3 Å². The first kappa shape index (κ1) is 41.3. The van der Waals surface area contributed by atoms with E-state index in [2.05, 4.69) is 225 Å². The number of rotatable bonds is 4. The minimum Gasteiger partial charge on any atom is -0.454 e. The zero-order chi connectivity index (χ0) is 47.5. The van der Waals surface area contributed by atoms with Crippen LogP contribution in [-0.4, -0.2) is 12.3 Å². The van der Waals surface area contributed by atoms with Gasteiger partial charge in [-0.05, 0) is 157 Å². The first-order valence-electron chi connectivity index (χ1n) is 25.5. The highest BCUT2D eigenvalue weighted by Gasteiger charge is 2.58. The number of para-hydroxylation sites is 2. The number of nitrogens with zero attached hydrogens (tertiary/aromatic N) is 3. The second kappa shape index (κ2) is 14.8. The van der Waals surface area contributed by atoms with E-state index in [4.69, 9.17) is 4.42 Å². The third-order valence-electron chi connectivity index (χ3n) is 17.3. The van der Waals surface area contributed by atoms with Crippen molar-refractivity contribution >= 4 is 122 Å².